The smallest absolute Gasteiger partial charge is 0.259 e. The number of likely N-dealkylation sites (tertiary alicyclic amines) is 1. The number of nitrogens with zero attached hydrogens (tertiary/aromatic N) is 3. The third-order valence-corrected chi connectivity index (χ3v) is 5.04. The van der Waals surface area contributed by atoms with Crippen LogP contribution < -0.4 is 0 Å². The summed E-state index contributed by atoms with van der Waals surface area (Å²) >= 11 is 0. The molecule has 2 aromatic rings. The van der Waals surface area contributed by atoms with Crippen LogP contribution in [0, 0.1) is 0 Å². The van der Waals surface area contributed by atoms with Gasteiger partial charge in [-0.05, 0) is 19.4 Å². The summed E-state index contributed by atoms with van der Waals surface area (Å²) in [5.41, 5.74) is 0.562. The minimum absolute atomic E-state index is 0.0329. The first-order chi connectivity index (χ1) is 12.5. The van der Waals surface area contributed by atoms with E-state index in [9.17, 15) is 9.59 Å². The molecule has 26 heavy (non-hydrogen) atoms. The van der Waals surface area contributed by atoms with Crippen LogP contribution in [0.2, 0.25) is 0 Å². The summed E-state index contributed by atoms with van der Waals surface area (Å²) in [5, 5.41) is 3.77. The van der Waals surface area contributed by atoms with Gasteiger partial charge in [0.15, 0.2) is 5.76 Å². The molecule has 0 radical (unpaired) electrons. The number of amides is 2. The van der Waals surface area contributed by atoms with Crippen LogP contribution in [0.4, 0.5) is 0 Å². The van der Waals surface area contributed by atoms with Gasteiger partial charge in [-0.3, -0.25) is 9.59 Å². The average Bonchev–Trinajstić information content (AvgIpc) is 3.34. The minimum atomic E-state index is -0.508. The van der Waals surface area contributed by atoms with Gasteiger partial charge in [0, 0.05) is 20.0 Å². The lowest BCUT2D eigenvalue weighted by atomic mass is 9.99. The monoisotopic (exact) mass is 359 g/mol. The summed E-state index contributed by atoms with van der Waals surface area (Å²) < 4.78 is 16.5. The maximum Gasteiger partial charge on any atom is 0.259 e. The molecule has 2 aromatic heterocycles. The molecule has 1 spiro atoms. The first kappa shape index (κ1) is 16.8. The standard InChI is InChI=1S/C18H21N3O5/c1-12-8-21(13(2)22)11-18(25-12)4-5-20(10-18)17(23)15-7-19-26-16(15)14-3-6-24-9-14/h3,6-7,9,12H,4-5,8,10-11H2,1-2H3. The Morgan fingerprint density at radius 1 is 1.31 bits per heavy atom. The van der Waals surface area contributed by atoms with E-state index in [1.807, 2.05) is 6.92 Å². The molecule has 2 amide bonds. The maximum absolute atomic E-state index is 13.0. The summed E-state index contributed by atoms with van der Waals surface area (Å²) in [6, 6.07) is 1.72. The van der Waals surface area contributed by atoms with Crippen molar-refractivity contribution in [1.82, 2.24) is 15.0 Å². The summed E-state index contributed by atoms with van der Waals surface area (Å²) in [6.07, 6.45) is 5.10. The number of ether oxygens (including phenoxy) is 1. The van der Waals surface area contributed by atoms with Gasteiger partial charge in [-0.25, -0.2) is 0 Å². The van der Waals surface area contributed by atoms with Crippen molar-refractivity contribution in [3.8, 4) is 11.3 Å². The predicted molar refractivity (Wildman–Crippen MR) is 90.3 cm³/mol. The molecule has 2 unspecified atom stereocenters. The van der Waals surface area contributed by atoms with Crippen molar-refractivity contribution in [3.63, 3.8) is 0 Å². The lowest BCUT2D eigenvalue weighted by Crippen LogP contribution is -2.57. The Hall–Kier alpha value is -2.61. The number of carbonyl (C=O) groups is 2. The number of furan rings is 1. The molecule has 4 heterocycles. The van der Waals surface area contributed by atoms with E-state index >= 15 is 0 Å². The van der Waals surface area contributed by atoms with Crippen LogP contribution >= 0.6 is 0 Å². The van der Waals surface area contributed by atoms with Gasteiger partial charge in [0.1, 0.15) is 17.4 Å². The maximum atomic E-state index is 13.0. The summed E-state index contributed by atoms with van der Waals surface area (Å²) in [7, 11) is 0. The van der Waals surface area contributed by atoms with Crippen LogP contribution in [0.1, 0.15) is 30.6 Å². The molecule has 0 N–H and O–H groups in total. The molecule has 8 nitrogen and oxygen atoms in total. The van der Waals surface area contributed by atoms with E-state index in [1.54, 1.807) is 22.8 Å². The second-order valence-corrected chi connectivity index (χ2v) is 7.07. The molecular weight excluding hydrogens is 338 g/mol. The van der Waals surface area contributed by atoms with Gasteiger partial charge < -0.3 is 23.5 Å². The third kappa shape index (κ3) is 2.90. The Kier molecular flexibility index (Phi) is 4.07. The minimum Gasteiger partial charge on any atom is -0.472 e. The van der Waals surface area contributed by atoms with Crippen molar-refractivity contribution < 1.29 is 23.3 Å². The van der Waals surface area contributed by atoms with Crippen LogP contribution in [0.3, 0.4) is 0 Å². The van der Waals surface area contributed by atoms with E-state index in [4.69, 9.17) is 13.7 Å². The van der Waals surface area contributed by atoms with Crippen molar-refractivity contribution in [3.05, 3.63) is 30.4 Å². The number of rotatable bonds is 2. The molecule has 2 aliphatic heterocycles. The fourth-order valence-corrected chi connectivity index (χ4v) is 3.87. The highest BCUT2D eigenvalue weighted by molar-refractivity contribution is 5.99. The topological polar surface area (TPSA) is 89.0 Å². The molecule has 8 heteroatoms. The quantitative estimate of drug-likeness (QED) is 0.812. The molecule has 138 valence electrons. The lowest BCUT2D eigenvalue weighted by Gasteiger charge is -2.43. The lowest BCUT2D eigenvalue weighted by molar-refractivity contribution is -0.161. The first-order valence-electron chi connectivity index (χ1n) is 8.67. The zero-order valence-electron chi connectivity index (χ0n) is 14.8. The fraction of sp³-hybridized carbons (Fsp3) is 0.500. The summed E-state index contributed by atoms with van der Waals surface area (Å²) in [6.45, 7) is 5.62. The number of aromatic nitrogens is 1. The van der Waals surface area contributed by atoms with E-state index in [-0.39, 0.29) is 17.9 Å². The second-order valence-electron chi connectivity index (χ2n) is 7.07. The number of hydrogen-bond donors (Lipinski definition) is 0. The Morgan fingerprint density at radius 2 is 2.12 bits per heavy atom. The highest BCUT2D eigenvalue weighted by atomic mass is 16.5. The summed E-state index contributed by atoms with van der Waals surface area (Å²) in [4.78, 5) is 28.4. The van der Waals surface area contributed by atoms with Crippen LogP contribution in [0.15, 0.2) is 33.7 Å². The van der Waals surface area contributed by atoms with Crippen LogP contribution in [0.5, 0.6) is 0 Å². The van der Waals surface area contributed by atoms with E-state index in [1.165, 1.54) is 18.7 Å². The fourth-order valence-electron chi connectivity index (χ4n) is 3.87. The van der Waals surface area contributed by atoms with E-state index in [0.717, 1.165) is 0 Å². The highest BCUT2D eigenvalue weighted by Gasteiger charge is 2.47. The molecular formula is C18H21N3O5. The Morgan fingerprint density at radius 3 is 2.85 bits per heavy atom. The van der Waals surface area contributed by atoms with Crippen LogP contribution in [-0.4, -0.2) is 64.7 Å². The largest absolute Gasteiger partial charge is 0.472 e. The zero-order chi connectivity index (χ0) is 18.3. The molecule has 2 aliphatic rings. The highest BCUT2D eigenvalue weighted by Crippen LogP contribution is 2.33. The molecule has 0 saturated carbocycles. The Balaban J connectivity index is 1.53. The third-order valence-electron chi connectivity index (χ3n) is 5.04. The zero-order valence-corrected chi connectivity index (χ0v) is 14.8. The SMILES string of the molecule is CC(=O)N1CC(C)OC2(CCN(C(=O)c3cnoc3-c3ccoc3)C2)C1. The van der Waals surface area contributed by atoms with E-state index in [0.29, 0.717) is 49.5 Å². The number of hydrogen-bond acceptors (Lipinski definition) is 6. The summed E-state index contributed by atoms with van der Waals surface area (Å²) in [5.74, 6) is 0.272. The molecule has 2 fully saturated rings. The first-order valence-corrected chi connectivity index (χ1v) is 8.67. The number of carbonyl (C=O) groups excluding carboxylic acids is 2. The van der Waals surface area contributed by atoms with Gasteiger partial charge in [0.05, 0.1) is 37.2 Å². The van der Waals surface area contributed by atoms with Gasteiger partial charge in [-0.2, -0.15) is 0 Å². The molecule has 0 aromatic carbocycles. The van der Waals surface area contributed by atoms with Crippen molar-refractivity contribution in [1.29, 1.82) is 0 Å². The molecule has 4 rings (SSSR count). The van der Waals surface area contributed by atoms with Crippen molar-refractivity contribution in [2.75, 3.05) is 26.2 Å². The van der Waals surface area contributed by atoms with Gasteiger partial charge >= 0.3 is 0 Å². The Labute approximate surface area is 150 Å². The van der Waals surface area contributed by atoms with Gasteiger partial charge in [-0.1, -0.05) is 5.16 Å². The molecule has 2 atom stereocenters. The normalized spacial score (nSPS) is 25.8. The second kappa shape index (κ2) is 6.28. The van der Waals surface area contributed by atoms with Crippen LogP contribution in [-0.2, 0) is 9.53 Å². The van der Waals surface area contributed by atoms with Gasteiger partial charge in [0.2, 0.25) is 5.91 Å². The Bertz CT molecular complexity index is 815. The molecule has 0 bridgehead atoms. The average molecular weight is 359 g/mol. The predicted octanol–water partition coefficient (Wildman–Crippen LogP) is 1.79. The van der Waals surface area contributed by atoms with Gasteiger partial charge in [-0.15, -0.1) is 0 Å². The van der Waals surface area contributed by atoms with Crippen LogP contribution in [0.25, 0.3) is 11.3 Å². The van der Waals surface area contributed by atoms with Crippen molar-refractivity contribution >= 4 is 11.8 Å². The van der Waals surface area contributed by atoms with Crippen molar-refractivity contribution in [2.45, 2.75) is 32.0 Å². The van der Waals surface area contributed by atoms with E-state index in [2.05, 4.69) is 5.16 Å². The molecule has 0 aliphatic carbocycles. The van der Waals surface area contributed by atoms with E-state index < -0.39 is 5.60 Å². The number of morpholine rings is 1. The van der Waals surface area contributed by atoms with Crippen molar-refractivity contribution in [2.24, 2.45) is 0 Å². The van der Waals surface area contributed by atoms with Gasteiger partial charge in [0.25, 0.3) is 5.91 Å². The molecule has 2 saturated heterocycles.